The molecule has 1 aliphatic heterocycles. The predicted octanol–water partition coefficient (Wildman–Crippen LogP) is 7.14. The molecule has 4 aromatic rings. The van der Waals surface area contributed by atoms with Crippen LogP contribution in [0.5, 0.6) is 5.75 Å². The number of aromatic hydroxyl groups is 1. The van der Waals surface area contributed by atoms with Crippen LogP contribution in [0.1, 0.15) is 83.6 Å². The SMILES string of the molecule is CCc1cc2c(=O)c(-c3nc4ccccc4n3C)c(C(C)C)oc2c(CN2CC3(C)CC2CC(C)(C)C3)c1O. The highest BCUT2D eigenvalue weighted by atomic mass is 16.3. The van der Waals surface area contributed by atoms with Crippen LogP contribution in [0.3, 0.4) is 0 Å². The van der Waals surface area contributed by atoms with Gasteiger partial charge in [0.05, 0.1) is 22.0 Å². The first-order valence-corrected chi connectivity index (χ1v) is 14.4. The number of nitrogens with zero attached hydrogens (tertiary/aromatic N) is 3. The summed E-state index contributed by atoms with van der Waals surface area (Å²) >= 11 is 0. The van der Waals surface area contributed by atoms with Gasteiger partial charge in [0, 0.05) is 32.1 Å². The normalized spacial score (nSPS) is 22.9. The molecule has 6 rings (SSSR count). The Morgan fingerprint density at radius 2 is 1.92 bits per heavy atom. The van der Waals surface area contributed by atoms with Crippen LogP contribution in [0.15, 0.2) is 39.5 Å². The van der Waals surface area contributed by atoms with Gasteiger partial charge in [-0.3, -0.25) is 9.69 Å². The summed E-state index contributed by atoms with van der Waals surface area (Å²) in [7, 11) is 1.95. The lowest BCUT2D eigenvalue weighted by atomic mass is 9.65. The average molecular weight is 528 g/mol. The molecule has 2 fully saturated rings. The Balaban J connectivity index is 1.56. The molecule has 1 N–H and O–H groups in total. The van der Waals surface area contributed by atoms with E-state index in [0.717, 1.165) is 35.1 Å². The zero-order chi connectivity index (χ0) is 27.9. The van der Waals surface area contributed by atoms with Crippen molar-refractivity contribution in [3.05, 3.63) is 57.4 Å². The van der Waals surface area contributed by atoms with E-state index in [4.69, 9.17) is 9.40 Å². The number of phenols is 1. The minimum atomic E-state index is -0.0810. The van der Waals surface area contributed by atoms with Gasteiger partial charge in [0.2, 0.25) is 5.43 Å². The van der Waals surface area contributed by atoms with Crippen molar-refractivity contribution in [2.24, 2.45) is 17.9 Å². The zero-order valence-electron chi connectivity index (χ0n) is 24.4. The second-order valence-electron chi connectivity index (χ2n) is 13.5. The fourth-order valence-corrected chi connectivity index (χ4v) is 7.83. The number of phenolic OH excluding ortho intramolecular Hbond substituents is 1. The van der Waals surface area contributed by atoms with E-state index in [1.165, 1.54) is 12.8 Å². The molecule has 0 amide bonds. The monoisotopic (exact) mass is 527 g/mol. The van der Waals surface area contributed by atoms with Crippen molar-refractivity contribution in [1.29, 1.82) is 0 Å². The Bertz CT molecular complexity index is 1660. The first-order chi connectivity index (χ1) is 18.4. The van der Waals surface area contributed by atoms with Gasteiger partial charge in [0.25, 0.3) is 0 Å². The van der Waals surface area contributed by atoms with E-state index >= 15 is 0 Å². The van der Waals surface area contributed by atoms with Crippen LogP contribution in [-0.4, -0.2) is 32.1 Å². The maximum atomic E-state index is 14.4. The Labute approximate surface area is 230 Å². The molecule has 2 bridgehead atoms. The summed E-state index contributed by atoms with van der Waals surface area (Å²) in [4.78, 5) is 21.7. The minimum Gasteiger partial charge on any atom is -0.507 e. The molecule has 1 saturated carbocycles. The van der Waals surface area contributed by atoms with Gasteiger partial charge in [-0.25, -0.2) is 4.98 Å². The van der Waals surface area contributed by atoms with E-state index in [9.17, 15) is 9.90 Å². The molecule has 2 aromatic carbocycles. The highest BCUT2D eigenvalue weighted by molar-refractivity contribution is 5.89. The number of imidazole rings is 1. The van der Waals surface area contributed by atoms with Gasteiger partial charge >= 0.3 is 0 Å². The molecule has 1 aliphatic carbocycles. The second kappa shape index (κ2) is 8.95. The van der Waals surface area contributed by atoms with Crippen molar-refractivity contribution in [3.8, 4) is 17.1 Å². The van der Waals surface area contributed by atoms with Crippen molar-refractivity contribution in [3.63, 3.8) is 0 Å². The van der Waals surface area contributed by atoms with E-state index in [2.05, 4.69) is 25.7 Å². The summed E-state index contributed by atoms with van der Waals surface area (Å²) < 4.78 is 8.68. The van der Waals surface area contributed by atoms with E-state index < -0.39 is 0 Å². The standard InChI is InChI=1S/C33H41N3O3/c1-8-20-13-22-28(38)26(31-34-24-11-9-10-12-25(24)35(31)7)29(19(2)3)39-30(22)23(27(20)37)16-36-18-33(6)15-21(36)14-32(4,5)17-33/h9-13,19,21,37H,8,14-18H2,1-7H3. The van der Waals surface area contributed by atoms with Crippen molar-refractivity contribution >= 4 is 22.0 Å². The van der Waals surface area contributed by atoms with Gasteiger partial charge < -0.3 is 14.1 Å². The third kappa shape index (κ3) is 4.19. The first kappa shape index (κ1) is 26.1. The van der Waals surface area contributed by atoms with Crippen LogP contribution in [0.2, 0.25) is 0 Å². The lowest BCUT2D eigenvalue weighted by molar-refractivity contribution is 0.126. The number of fused-ring (bicyclic) bond motifs is 4. The Morgan fingerprint density at radius 3 is 2.62 bits per heavy atom. The van der Waals surface area contributed by atoms with Gasteiger partial charge in [-0.05, 0) is 60.3 Å². The molecule has 6 nitrogen and oxygen atoms in total. The molecule has 0 spiro atoms. The van der Waals surface area contributed by atoms with E-state index in [0.29, 0.717) is 52.5 Å². The third-order valence-electron chi connectivity index (χ3n) is 9.16. The number of likely N-dealkylation sites (tertiary alicyclic amines) is 1. The Kier molecular flexibility index (Phi) is 6.00. The van der Waals surface area contributed by atoms with E-state index in [-0.39, 0.29) is 22.5 Å². The Morgan fingerprint density at radius 1 is 1.18 bits per heavy atom. The summed E-state index contributed by atoms with van der Waals surface area (Å²) in [6, 6.07) is 10.2. The maximum Gasteiger partial charge on any atom is 0.203 e. The molecular weight excluding hydrogens is 486 g/mol. The number of para-hydroxylation sites is 2. The largest absolute Gasteiger partial charge is 0.507 e. The van der Waals surface area contributed by atoms with Gasteiger partial charge in [0.15, 0.2) is 0 Å². The van der Waals surface area contributed by atoms with Crippen molar-refractivity contribution < 1.29 is 9.52 Å². The highest BCUT2D eigenvalue weighted by Crippen LogP contribution is 2.53. The highest BCUT2D eigenvalue weighted by Gasteiger charge is 2.49. The Hall–Kier alpha value is -3.12. The quantitative estimate of drug-likeness (QED) is 0.299. The molecule has 2 unspecified atom stereocenters. The second-order valence-corrected chi connectivity index (χ2v) is 13.5. The van der Waals surface area contributed by atoms with Crippen LogP contribution in [0, 0.1) is 10.8 Å². The maximum absolute atomic E-state index is 14.4. The van der Waals surface area contributed by atoms with Crippen LogP contribution < -0.4 is 5.43 Å². The fourth-order valence-electron chi connectivity index (χ4n) is 7.83. The smallest absolute Gasteiger partial charge is 0.203 e. The molecule has 2 aliphatic rings. The average Bonchev–Trinajstić information content (AvgIpc) is 3.31. The van der Waals surface area contributed by atoms with Gasteiger partial charge in [-0.2, -0.15) is 0 Å². The molecule has 39 heavy (non-hydrogen) atoms. The number of aryl methyl sites for hydroxylation is 2. The molecule has 3 heterocycles. The van der Waals surface area contributed by atoms with Crippen LogP contribution in [-0.2, 0) is 20.0 Å². The molecule has 1 saturated heterocycles. The van der Waals surface area contributed by atoms with Crippen LogP contribution in [0.4, 0.5) is 0 Å². The summed E-state index contributed by atoms with van der Waals surface area (Å²) in [6.45, 7) is 14.8. The zero-order valence-corrected chi connectivity index (χ0v) is 24.4. The summed E-state index contributed by atoms with van der Waals surface area (Å²) in [6.07, 6.45) is 4.17. The first-order valence-electron chi connectivity index (χ1n) is 14.4. The summed E-state index contributed by atoms with van der Waals surface area (Å²) in [5.74, 6) is 1.46. The van der Waals surface area contributed by atoms with Crippen molar-refractivity contribution in [2.45, 2.75) is 85.7 Å². The van der Waals surface area contributed by atoms with Crippen LogP contribution in [0.25, 0.3) is 33.4 Å². The lowest BCUT2D eigenvalue weighted by Crippen LogP contribution is -2.34. The molecular formula is C33H41N3O3. The van der Waals surface area contributed by atoms with Crippen molar-refractivity contribution in [2.75, 3.05) is 6.54 Å². The number of benzene rings is 2. The number of aromatic nitrogens is 2. The predicted molar refractivity (Wildman–Crippen MR) is 157 cm³/mol. The van der Waals surface area contributed by atoms with Gasteiger partial charge in [-0.1, -0.05) is 53.7 Å². The minimum absolute atomic E-state index is 0.0385. The molecule has 6 heteroatoms. The molecule has 2 aromatic heterocycles. The van der Waals surface area contributed by atoms with Gasteiger partial charge in [-0.15, -0.1) is 0 Å². The van der Waals surface area contributed by atoms with Crippen LogP contribution >= 0.6 is 0 Å². The number of hydrogen-bond donors (Lipinski definition) is 1. The fraction of sp³-hybridized carbons (Fsp3) is 0.515. The molecule has 206 valence electrons. The van der Waals surface area contributed by atoms with E-state index in [1.54, 1.807) is 0 Å². The topological polar surface area (TPSA) is 71.5 Å². The molecule has 2 atom stereocenters. The number of hydrogen-bond acceptors (Lipinski definition) is 5. The summed E-state index contributed by atoms with van der Waals surface area (Å²) in [5, 5.41) is 12.0. The van der Waals surface area contributed by atoms with Crippen molar-refractivity contribution in [1.82, 2.24) is 14.5 Å². The number of rotatable bonds is 5. The molecule has 0 radical (unpaired) electrons. The lowest BCUT2D eigenvalue weighted by Gasteiger charge is -2.40. The van der Waals surface area contributed by atoms with Gasteiger partial charge in [0.1, 0.15) is 28.5 Å². The third-order valence-corrected chi connectivity index (χ3v) is 9.16. The van der Waals surface area contributed by atoms with E-state index in [1.807, 2.05) is 62.7 Å². The summed E-state index contributed by atoms with van der Waals surface area (Å²) in [5.41, 5.74) is 4.88.